The lowest BCUT2D eigenvalue weighted by molar-refractivity contribution is 0.385. The summed E-state index contributed by atoms with van der Waals surface area (Å²) in [4.78, 5) is 8.14. The van der Waals surface area contributed by atoms with Gasteiger partial charge in [0.1, 0.15) is 0 Å². The minimum absolute atomic E-state index is 0.164. The van der Waals surface area contributed by atoms with Crippen LogP contribution < -0.4 is 16.0 Å². The zero-order valence-corrected chi connectivity index (χ0v) is 9.80. The molecule has 0 spiro atoms. The van der Waals surface area contributed by atoms with Crippen molar-refractivity contribution in [2.45, 2.75) is 6.04 Å². The largest absolute Gasteiger partial charge is 0.494 e. The summed E-state index contributed by atoms with van der Waals surface area (Å²) in [6.45, 7) is 0. The van der Waals surface area contributed by atoms with Gasteiger partial charge in [-0.25, -0.2) is 9.82 Å². The van der Waals surface area contributed by atoms with Gasteiger partial charge in [0, 0.05) is 12.4 Å². The Morgan fingerprint density at radius 2 is 2.22 bits per heavy atom. The van der Waals surface area contributed by atoms with Crippen LogP contribution in [0.2, 0.25) is 0 Å². The third-order valence-corrected chi connectivity index (χ3v) is 2.55. The third-order valence-electron chi connectivity index (χ3n) is 2.55. The molecule has 0 saturated carbocycles. The van der Waals surface area contributed by atoms with Crippen molar-refractivity contribution >= 4 is 0 Å². The fourth-order valence-corrected chi connectivity index (χ4v) is 1.67. The van der Waals surface area contributed by atoms with E-state index in [4.69, 9.17) is 10.6 Å². The number of benzene rings is 1. The maximum Gasteiger partial charge on any atom is 0.165 e. The van der Waals surface area contributed by atoms with Crippen molar-refractivity contribution in [1.82, 2.24) is 15.4 Å². The van der Waals surface area contributed by atoms with Crippen molar-refractivity contribution in [2.75, 3.05) is 7.11 Å². The molecule has 0 saturated heterocycles. The molecule has 1 aromatic heterocycles. The Bertz CT molecular complexity index is 521. The summed E-state index contributed by atoms with van der Waals surface area (Å²) in [6.07, 6.45) is 4.74. The fourth-order valence-electron chi connectivity index (χ4n) is 1.67. The SMILES string of the molecule is COc1cc(C(NN)c2cnccn2)ccc1F. The lowest BCUT2D eigenvalue weighted by Crippen LogP contribution is -2.29. The van der Waals surface area contributed by atoms with Crippen LogP contribution in [0.25, 0.3) is 0 Å². The summed E-state index contributed by atoms with van der Waals surface area (Å²) in [7, 11) is 1.41. The first-order valence-corrected chi connectivity index (χ1v) is 5.31. The van der Waals surface area contributed by atoms with Gasteiger partial charge in [-0.05, 0) is 17.7 Å². The van der Waals surface area contributed by atoms with Crippen molar-refractivity contribution in [3.63, 3.8) is 0 Å². The molecular formula is C12H13FN4O. The number of hydrogen-bond donors (Lipinski definition) is 2. The van der Waals surface area contributed by atoms with E-state index in [1.54, 1.807) is 30.7 Å². The van der Waals surface area contributed by atoms with E-state index in [0.29, 0.717) is 5.69 Å². The summed E-state index contributed by atoms with van der Waals surface area (Å²) < 4.78 is 18.3. The van der Waals surface area contributed by atoms with Crippen molar-refractivity contribution in [2.24, 2.45) is 5.84 Å². The average Bonchev–Trinajstić information content (AvgIpc) is 2.42. The van der Waals surface area contributed by atoms with E-state index in [9.17, 15) is 4.39 Å². The maximum atomic E-state index is 13.3. The van der Waals surface area contributed by atoms with Crippen molar-refractivity contribution in [1.29, 1.82) is 0 Å². The summed E-state index contributed by atoms with van der Waals surface area (Å²) in [5.41, 5.74) is 4.02. The lowest BCUT2D eigenvalue weighted by Gasteiger charge is -2.16. The number of rotatable bonds is 4. The van der Waals surface area contributed by atoms with Crippen LogP contribution in [0.5, 0.6) is 5.75 Å². The molecule has 0 aliphatic carbocycles. The minimum atomic E-state index is -0.420. The van der Waals surface area contributed by atoms with Crippen LogP contribution in [-0.2, 0) is 0 Å². The second-order valence-corrected chi connectivity index (χ2v) is 3.62. The molecule has 6 heteroatoms. The van der Waals surface area contributed by atoms with E-state index >= 15 is 0 Å². The molecule has 18 heavy (non-hydrogen) atoms. The molecule has 0 radical (unpaired) electrons. The molecule has 1 atom stereocenters. The highest BCUT2D eigenvalue weighted by atomic mass is 19.1. The quantitative estimate of drug-likeness (QED) is 0.628. The monoisotopic (exact) mass is 248 g/mol. The fraction of sp³-hybridized carbons (Fsp3) is 0.167. The second kappa shape index (κ2) is 5.52. The molecule has 0 bridgehead atoms. The average molecular weight is 248 g/mol. The first-order valence-electron chi connectivity index (χ1n) is 5.31. The number of hydrazine groups is 1. The first kappa shape index (κ1) is 12.4. The molecule has 0 aliphatic heterocycles. The van der Waals surface area contributed by atoms with Gasteiger partial charge < -0.3 is 4.74 Å². The molecule has 1 unspecified atom stereocenters. The molecule has 0 amide bonds. The molecular weight excluding hydrogens is 235 g/mol. The van der Waals surface area contributed by atoms with Crippen LogP contribution in [0.3, 0.4) is 0 Å². The molecule has 2 aromatic rings. The van der Waals surface area contributed by atoms with Crippen LogP contribution in [-0.4, -0.2) is 17.1 Å². The summed E-state index contributed by atoms with van der Waals surface area (Å²) in [6, 6.07) is 4.16. The third kappa shape index (κ3) is 2.44. The Morgan fingerprint density at radius 3 is 2.83 bits per heavy atom. The number of nitrogens with zero attached hydrogens (tertiary/aromatic N) is 2. The molecule has 1 heterocycles. The number of ether oxygens (including phenoxy) is 1. The maximum absolute atomic E-state index is 13.3. The highest BCUT2D eigenvalue weighted by molar-refractivity contribution is 5.35. The number of nitrogens with two attached hydrogens (primary N) is 1. The van der Waals surface area contributed by atoms with E-state index < -0.39 is 5.82 Å². The van der Waals surface area contributed by atoms with E-state index in [0.717, 1.165) is 5.56 Å². The Morgan fingerprint density at radius 1 is 1.39 bits per heavy atom. The summed E-state index contributed by atoms with van der Waals surface area (Å²) >= 11 is 0. The summed E-state index contributed by atoms with van der Waals surface area (Å²) in [5, 5.41) is 0. The van der Waals surface area contributed by atoms with Crippen LogP contribution in [0, 0.1) is 5.82 Å². The van der Waals surface area contributed by atoms with Gasteiger partial charge >= 0.3 is 0 Å². The molecule has 94 valence electrons. The van der Waals surface area contributed by atoms with Gasteiger partial charge in [0.15, 0.2) is 11.6 Å². The Hall–Kier alpha value is -2.05. The van der Waals surface area contributed by atoms with Gasteiger partial charge in [-0.2, -0.15) is 0 Å². The molecule has 1 aromatic carbocycles. The van der Waals surface area contributed by atoms with E-state index in [1.165, 1.54) is 13.2 Å². The normalized spacial score (nSPS) is 12.2. The van der Waals surface area contributed by atoms with Crippen LogP contribution in [0.15, 0.2) is 36.8 Å². The van der Waals surface area contributed by atoms with Gasteiger partial charge in [0.25, 0.3) is 0 Å². The molecule has 5 nitrogen and oxygen atoms in total. The topological polar surface area (TPSA) is 73.1 Å². The predicted molar refractivity (Wildman–Crippen MR) is 64.2 cm³/mol. The smallest absolute Gasteiger partial charge is 0.165 e. The molecule has 2 rings (SSSR count). The van der Waals surface area contributed by atoms with Gasteiger partial charge in [-0.1, -0.05) is 6.07 Å². The van der Waals surface area contributed by atoms with E-state index in [1.807, 2.05) is 0 Å². The first-order chi connectivity index (χ1) is 8.76. The van der Waals surface area contributed by atoms with Gasteiger partial charge in [0.05, 0.1) is 25.0 Å². The van der Waals surface area contributed by atoms with Gasteiger partial charge in [-0.3, -0.25) is 15.8 Å². The number of aromatic nitrogens is 2. The standard InChI is InChI=1S/C12H13FN4O/c1-18-11-6-8(2-3-9(11)13)12(17-14)10-7-15-4-5-16-10/h2-7,12,17H,14H2,1H3. The molecule has 3 N–H and O–H groups in total. The summed E-state index contributed by atoms with van der Waals surface area (Å²) in [5.74, 6) is 5.26. The number of methoxy groups -OCH3 is 1. The Labute approximate surface area is 104 Å². The zero-order valence-electron chi connectivity index (χ0n) is 9.80. The number of hydrogen-bond acceptors (Lipinski definition) is 5. The van der Waals surface area contributed by atoms with Crippen LogP contribution >= 0.6 is 0 Å². The van der Waals surface area contributed by atoms with Crippen LogP contribution in [0.1, 0.15) is 17.3 Å². The predicted octanol–water partition coefficient (Wildman–Crippen LogP) is 1.18. The van der Waals surface area contributed by atoms with Gasteiger partial charge in [0.2, 0.25) is 0 Å². The van der Waals surface area contributed by atoms with Crippen molar-refractivity contribution in [3.8, 4) is 5.75 Å². The molecule has 0 aliphatic rings. The lowest BCUT2D eigenvalue weighted by atomic mass is 10.0. The van der Waals surface area contributed by atoms with Gasteiger partial charge in [-0.15, -0.1) is 0 Å². The minimum Gasteiger partial charge on any atom is -0.494 e. The van der Waals surface area contributed by atoms with Crippen LogP contribution in [0.4, 0.5) is 4.39 Å². The highest BCUT2D eigenvalue weighted by Crippen LogP contribution is 2.25. The highest BCUT2D eigenvalue weighted by Gasteiger charge is 2.16. The van der Waals surface area contributed by atoms with Crippen molar-refractivity contribution < 1.29 is 9.13 Å². The number of halogens is 1. The molecule has 0 fully saturated rings. The van der Waals surface area contributed by atoms with Crippen molar-refractivity contribution in [3.05, 3.63) is 53.9 Å². The Balaban J connectivity index is 2.39. The van der Waals surface area contributed by atoms with E-state index in [2.05, 4.69) is 15.4 Å². The zero-order chi connectivity index (χ0) is 13.0. The van der Waals surface area contributed by atoms with E-state index in [-0.39, 0.29) is 11.8 Å². The Kier molecular flexibility index (Phi) is 3.81. The number of nitrogens with one attached hydrogen (secondary N) is 1. The second-order valence-electron chi connectivity index (χ2n) is 3.62.